The molecular weight excluding hydrogens is 690 g/mol. The molecule has 0 bridgehead atoms. The Labute approximate surface area is 291 Å². The van der Waals surface area contributed by atoms with Gasteiger partial charge in [0, 0.05) is 59.8 Å². The maximum atomic E-state index is 13.3. The fraction of sp³-hybridized carbons (Fsp3) is 0.361. The van der Waals surface area contributed by atoms with Gasteiger partial charge in [-0.3, -0.25) is 38.9 Å². The highest BCUT2D eigenvalue weighted by molar-refractivity contribution is 9.10. The molecule has 5 heterocycles. The number of piperidine rings is 2. The molecule has 1 atom stereocenters. The smallest absolute Gasteiger partial charge is 0.264 e. The highest BCUT2D eigenvalue weighted by Crippen LogP contribution is 2.33. The SMILES string of the molecule is O=C1CCC(N2C(=O)c3cccc(NCCCCCC(=O)N4CCC(n5cc(-c6ccc7cccc(Br)c7n6)cn5)CC4)c3C2=O)C(=O)N1. The van der Waals surface area contributed by atoms with Crippen molar-refractivity contribution in [3.63, 3.8) is 0 Å². The molecule has 2 aromatic heterocycles. The number of halogens is 1. The topological polar surface area (TPSA) is 147 Å². The number of nitrogens with zero attached hydrogens (tertiary/aromatic N) is 5. The van der Waals surface area contributed by atoms with E-state index in [1.807, 2.05) is 46.2 Å². The number of aromatic nitrogens is 3. The fourth-order valence-corrected chi connectivity index (χ4v) is 7.41. The van der Waals surface area contributed by atoms with Crippen LogP contribution in [0.15, 0.2) is 65.4 Å². The third-order valence-electron chi connectivity index (χ3n) is 9.61. The Morgan fingerprint density at radius 3 is 2.57 bits per heavy atom. The number of rotatable bonds is 10. The number of hydrogen-bond donors (Lipinski definition) is 2. The summed E-state index contributed by atoms with van der Waals surface area (Å²) in [6.45, 7) is 1.96. The molecule has 49 heavy (non-hydrogen) atoms. The maximum absolute atomic E-state index is 13.3. The summed E-state index contributed by atoms with van der Waals surface area (Å²) in [6.07, 6.45) is 8.63. The van der Waals surface area contributed by atoms with Crippen LogP contribution in [0.4, 0.5) is 5.69 Å². The van der Waals surface area contributed by atoms with Crippen molar-refractivity contribution in [2.75, 3.05) is 25.0 Å². The van der Waals surface area contributed by atoms with Crippen molar-refractivity contribution in [1.82, 2.24) is 29.9 Å². The molecule has 2 fully saturated rings. The summed E-state index contributed by atoms with van der Waals surface area (Å²) >= 11 is 3.60. The average molecular weight is 727 g/mol. The molecule has 0 radical (unpaired) electrons. The minimum absolute atomic E-state index is 0.0752. The van der Waals surface area contributed by atoms with Crippen LogP contribution in [-0.2, 0) is 14.4 Å². The van der Waals surface area contributed by atoms with Crippen molar-refractivity contribution in [3.8, 4) is 11.3 Å². The molecule has 13 heteroatoms. The summed E-state index contributed by atoms with van der Waals surface area (Å²) in [7, 11) is 0. The van der Waals surface area contributed by atoms with Crippen molar-refractivity contribution >= 4 is 62.1 Å². The van der Waals surface area contributed by atoms with Crippen LogP contribution in [-0.4, -0.2) is 79.8 Å². The second kappa shape index (κ2) is 13.9. The highest BCUT2D eigenvalue weighted by atomic mass is 79.9. The lowest BCUT2D eigenvalue weighted by Gasteiger charge is -2.32. The van der Waals surface area contributed by atoms with Gasteiger partial charge < -0.3 is 10.2 Å². The van der Waals surface area contributed by atoms with Crippen molar-refractivity contribution in [2.45, 2.75) is 63.5 Å². The first kappa shape index (κ1) is 32.6. The van der Waals surface area contributed by atoms with Crippen molar-refractivity contribution < 1.29 is 24.0 Å². The lowest BCUT2D eigenvalue weighted by molar-refractivity contribution is -0.136. The van der Waals surface area contributed by atoms with Gasteiger partial charge >= 0.3 is 0 Å². The van der Waals surface area contributed by atoms with Gasteiger partial charge in [0.05, 0.1) is 34.6 Å². The minimum atomic E-state index is -0.999. The van der Waals surface area contributed by atoms with E-state index in [9.17, 15) is 24.0 Å². The van der Waals surface area contributed by atoms with Crippen LogP contribution in [0.25, 0.3) is 22.2 Å². The monoisotopic (exact) mass is 725 g/mol. The number of unbranched alkanes of at least 4 members (excludes halogenated alkanes) is 2. The summed E-state index contributed by atoms with van der Waals surface area (Å²) < 4.78 is 2.97. The number of para-hydroxylation sites is 1. The van der Waals surface area contributed by atoms with E-state index >= 15 is 0 Å². The third kappa shape index (κ3) is 6.59. The molecule has 2 saturated heterocycles. The second-order valence-corrected chi connectivity index (χ2v) is 13.6. The quantitative estimate of drug-likeness (QED) is 0.170. The van der Waals surface area contributed by atoms with Gasteiger partial charge in [-0.15, -0.1) is 0 Å². The number of anilines is 1. The molecule has 2 aromatic carbocycles. The number of benzene rings is 2. The first-order chi connectivity index (χ1) is 23.8. The number of amides is 5. The summed E-state index contributed by atoms with van der Waals surface area (Å²) in [5.74, 6) is -1.93. The van der Waals surface area contributed by atoms with Crippen molar-refractivity contribution in [3.05, 3.63) is 76.5 Å². The Kier molecular flexibility index (Phi) is 9.26. The Balaban J connectivity index is 0.846. The Morgan fingerprint density at radius 1 is 0.939 bits per heavy atom. The summed E-state index contributed by atoms with van der Waals surface area (Å²) in [5.41, 5.74) is 3.80. The van der Waals surface area contributed by atoms with E-state index in [0.717, 1.165) is 63.6 Å². The van der Waals surface area contributed by atoms with Crippen LogP contribution < -0.4 is 10.6 Å². The zero-order chi connectivity index (χ0) is 34.1. The zero-order valence-electron chi connectivity index (χ0n) is 26.9. The van der Waals surface area contributed by atoms with Crippen LogP contribution in [0.3, 0.4) is 0 Å². The molecule has 1 unspecified atom stereocenters. The van der Waals surface area contributed by atoms with Gasteiger partial charge in [0.15, 0.2) is 0 Å². The van der Waals surface area contributed by atoms with Gasteiger partial charge in [0.1, 0.15) is 6.04 Å². The average Bonchev–Trinajstić information content (AvgIpc) is 3.70. The second-order valence-electron chi connectivity index (χ2n) is 12.7. The lowest BCUT2D eigenvalue weighted by Crippen LogP contribution is -2.54. The molecule has 5 amide bonds. The van der Waals surface area contributed by atoms with Crippen LogP contribution in [0, 0.1) is 0 Å². The van der Waals surface area contributed by atoms with E-state index in [-0.39, 0.29) is 35.9 Å². The number of imide groups is 2. The van der Waals surface area contributed by atoms with E-state index < -0.39 is 29.7 Å². The molecule has 2 N–H and O–H groups in total. The highest BCUT2D eigenvalue weighted by Gasteiger charge is 2.45. The van der Waals surface area contributed by atoms with Crippen LogP contribution >= 0.6 is 15.9 Å². The number of carbonyl (C=O) groups is 5. The van der Waals surface area contributed by atoms with Crippen LogP contribution in [0.1, 0.15) is 78.1 Å². The molecule has 0 spiro atoms. The maximum Gasteiger partial charge on any atom is 0.264 e. The number of fused-ring (bicyclic) bond motifs is 2. The van der Waals surface area contributed by atoms with E-state index in [0.29, 0.717) is 31.7 Å². The number of pyridine rings is 1. The zero-order valence-corrected chi connectivity index (χ0v) is 28.4. The summed E-state index contributed by atoms with van der Waals surface area (Å²) in [6, 6.07) is 14.4. The van der Waals surface area contributed by atoms with E-state index in [1.54, 1.807) is 18.2 Å². The summed E-state index contributed by atoms with van der Waals surface area (Å²) in [5, 5.41) is 11.2. The molecule has 0 aliphatic carbocycles. The van der Waals surface area contributed by atoms with Gasteiger partial charge in [-0.1, -0.05) is 30.7 Å². The number of likely N-dealkylation sites (tertiary alicyclic amines) is 1. The van der Waals surface area contributed by atoms with Crippen LogP contribution in [0.5, 0.6) is 0 Å². The van der Waals surface area contributed by atoms with Crippen LogP contribution in [0.2, 0.25) is 0 Å². The predicted octanol–water partition coefficient (Wildman–Crippen LogP) is 5.10. The third-order valence-corrected chi connectivity index (χ3v) is 10.3. The van der Waals surface area contributed by atoms with E-state index in [1.165, 1.54) is 0 Å². The predicted molar refractivity (Wildman–Crippen MR) is 186 cm³/mol. The van der Waals surface area contributed by atoms with Crippen molar-refractivity contribution in [2.24, 2.45) is 0 Å². The fourth-order valence-electron chi connectivity index (χ4n) is 6.94. The first-order valence-corrected chi connectivity index (χ1v) is 17.5. The largest absolute Gasteiger partial charge is 0.384 e. The van der Waals surface area contributed by atoms with Gasteiger partial charge in [0.25, 0.3) is 11.8 Å². The molecular formula is C36H36BrN7O5. The molecule has 7 rings (SSSR count). The van der Waals surface area contributed by atoms with E-state index in [4.69, 9.17) is 4.98 Å². The molecule has 4 aromatic rings. The van der Waals surface area contributed by atoms with Gasteiger partial charge in [-0.05, 0) is 72.3 Å². The number of nitrogens with one attached hydrogen (secondary N) is 2. The number of carbonyl (C=O) groups excluding carboxylic acids is 5. The molecule has 0 saturated carbocycles. The summed E-state index contributed by atoms with van der Waals surface area (Å²) in [4.78, 5) is 71.0. The Morgan fingerprint density at radius 2 is 1.76 bits per heavy atom. The Hall–Kier alpha value is -4.91. The molecule has 252 valence electrons. The van der Waals surface area contributed by atoms with Crippen molar-refractivity contribution in [1.29, 1.82) is 0 Å². The van der Waals surface area contributed by atoms with Gasteiger partial charge in [-0.2, -0.15) is 5.10 Å². The first-order valence-electron chi connectivity index (χ1n) is 16.7. The van der Waals surface area contributed by atoms with E-state index in [2.05, 4.69) is 37.7 Å². The molecule has 3 aliphatic rings. The molecule has 12 nitrogen and oxygen atoms in total. The normalized spacial score (nSPS) is 18.3. The molecule has 3 aliphatic heterocycles. The lowest BCUT2D eigenvalue weighted by atomic mass is 10.0. The van der Waals surface area contributed by atoms with Gasteiger partial charge in [0.2, 0.25) is 17.7 Å². The Bertz CT molecular complexity index is 1970. The number of hydrogen-bond acceptors (Lipinski definition) is 8. The van der Waals surface area contributed by atoms with Gasteiger partial charge in [-0.25, -0.2) is 4.98 Å². The minimum Gasteiger partial charge on any atom is -0.384 e. The standard InChI is InChI=1S/C36H36BrN7O5/c37-26-8-4-6-22-11-12-27(40-33(22)26)23-20-39-43(21-23)24-15-18-42(19-16-24)31(46)10-2-1-3-17-38-28-9-5-7-25-32(28)36(49)44(35(25)48)29-13-14-30(45)41-34(29)47/h4-9,11-12,20-21,24,29,38H,1-3,10,13-19H2,(H,41,45,47).